The molecule has 132 valence electrons. The second kappa shape index (κ2) is 7.39. The van der Waals surface area contributed by atoms with Crippen LogP contribution in [0.4, 0.5) is 0 Å². The molecule has 1 aliphatic rings. The summed E-state index contributed by atoms with van der Waals surface area (Å²) < 4.78 is 11.9. The van der Waals surface area contributed by atoms with Gasteiger partial charge in [0.2, 0.25) is 5.88 Å². The monoisotopic (exact) mass is 405 g/mol. The number of benzene rings is 1. The smallest absolute Gasteiger partial charge is 0.255 e. The summed E-state index contributed by atoms with van der Waals surface area (Å²) in [5.41, 5.74) is 1.46. The first-order chi connectivity index (χ1) is 12.0. The van der Waals surface area contributed by atoms with Crippen LogP contribution >= 0.6 is 15.9 Å². The topological polar surface area (TPSA) is 64.5 Å². The van der Waals surface area contributed by atoms with Crippen LogP contribution in [0.5, 0.6) is 11.6 Å². The number of halogens is 1. The summed E-state index contributed by atoms with van der Waals surface area (Å²) in [6, 6.07) is 7.20. The van der Waals surface area contributed by atoms with Crippen LogP contribution in [0.15, 0.2) is 28.7 Å². The molecule has 3 rings (SSSR count). The van der Waals surface area contributed by atoms with Crippen molar-refractivity contribution in [3.63, 3.8) is 0 Å². The van der Waals surface area contributed by atoms with E-state index in [-0.39, 0.29) is 12.0 Å². The zero-order chi connectivity index (χ0) is 18.0. The molecule has 2 heterocycles. The fourth-order valence-corrected chi connectivity index (χ4v) is 3.30. The van der Waals surface area contributed by atoms with Gasteiger partial charge in [-0.3, -0.25) is 4.79 Å². The van der Waals surface area contributed by atoms with Crippen LogP contribution in [-0.2, 0) is 0 Å². The molecule has 1 fully saturated rings. The van der Waals surface area contributed by atoms with Gasteiger partial charge < -0.3 is 14.4 Å². The molecule has 0 bridgehead atoms. The Kier molecular flexibility index (Phi) is 5.22. The Bertz CT molecular complexity index is 777. The van der Waals surface area contributed by atoms with Crippen LogP contribution in [-0.4, -0.2) is 47.1 Å². The molecule has 0 saturated carbocycles. The van der Waals surface area contributed by atoms with Crippen molar-refractivity contribution >= 4 is 21.8 Å². The van der Waals surface area contributed by atoms with Crippen molar-refractivity contribution in [3.05, 3.63) is 45.8 Å². The first-order valence-corrected chi connectivity index (χ1v) is 8.87. The van der Waals surface area contributed by atoms with Crippen molar-refractivity contribution in [2.45, 2.75) is 26.4 Å². The van der Waals surface area contributed by atoms with Gasteiger partial charge in [-0.05, 0) is 48.0 Å². The van der Waals surface area contributed by atoms with Gasteiger partial charge in [-0.25, -0.2) is 4.98 Å². The van der Waals surface area contributed by atoms with E-state index in [0.717, 1.165) is 16.6 Å². The molecule has 0 aliphatic carbocycles. The van der Waals surface area contributed by atoms with E-state index in [1.54, 1.807) is 18.1 Å². The Labute approximate surface area is 155 Å². The number of likely N-dealkylation sites (tertiary alicyclic amines) is 1. The Morgan fingerprint density at radius 3 is 2.80 bits per heavy atom. The maximum Gasteiger partial charge on any atom is 0.255 e. The second-order valence-electron chi connectivity index (χ2n) is 6.02. The van der Waals surface area contributed by atoms with Crippen LogP contribution in [0.1, 0.15) is 28.3 Å². The lowest BCUT2D eigenvalue weighted by Gasteiger charge is -2.18. The van der Waals surface area contributed by atoms with Crippen molar-refractivity contribution in [3.8, 4) is 11.6 Å². The summed E-state index contributed by atoms with van der Waals surface area (Å²) in [4.78, 5) is 23.1. The maximum atomic E-state index is 12.8. The number of methoxy groups -OCH3 is 1. The lowest BCUT2D eigenvalue weighted by atomic mass is 10.2. The van der Waals surface area contributed by atoms with Gasteiger partial charge in [0.1, 0.15) is 17.7 Å². The summed E-state index contributed by atoms with van der Waals surface area (Å²) >= 11 is 3.44. The average molecular weight is 406 g/mol. The van der Waals surface area contributed by atoms with E-state index < -0.39 is 0 Å². The minimum atomic E-state index is -0.0676. The molecule has 1 aromatic heterocycles. The standard InChI is InChI=1S/C18H20BrN3O3/c1-11-8-17(21-12(2)20-11)25-14-6-7-22(10-14)18(23)15-9-13(24-3)4-5-16(15)19/h4-5,8-9,14H,6-7,10H2,1-3H3. The highest BCUT2D eigenvalue weighted by atomic mass is 79.9. The fraction of sp³-hybridized carbons (Fsp3) is 0.389. The lowest BCUT2D eigenvalue weighted by molar-refractivity contribution is 0.0769. The highest BCUT2D eigenvalue weighted by Gasteiger charge is 2.29. The van der Waals surface area contributed by atoms with E-state index in [2.05, 4.69) is 25.9 Å². The zero-order valence-corrected chi connectivity index (χ0v) is 16.0. The van der Waals surface area contributed by atoms with Gasteiger partial charge in [0.15, 0.2) is 0 Å². The van der Waals surface area contributed by atoms with Gasteiger partial charge >= 0.3 is 0 Å². The first kappa shape index (κ1) is 17.7. The number of aromatic nitrogens is 2. The van der Waals surface area contributed by atoms with Gasteiger partial charge in [0.05, 0.1) is 19.2 Å². The third-order valence-electron chi connectivity index (χ3n) is 4.07. The van der Waals surface area contributed by atoms with Crippen LogP contribution in [0.3, 0.4) is 0 Å². The van der Waals surface area contributed by atoms with Crippen LogP contribution in [0, 0.1) is 13.8 Å². The molecule has 25 heavy (non-hydrogen) atoms. The van der Waals surface area contributed by atoms with Gasteiger partial charge in [0, 0.05) is 29.2 Å². The maximum absolute atomic E-state index is 12.8. The van der Waals surface area contributed by atoms with Gasteiger partial charge in [-0.2, -0.15) is 4.98 Å². The number of nitrogens with zero attached hydrogens (tertiary/aromatic N) is 3. The zero-order valence-electron chi connectivity index (χ0n) is 14.5. The van der Waals surface area contributed by atoms with Crippen molar-refractivity contribution in [2.75, 3.05) is 20.2 Å². The molecule has 1 aromatic carbocycles. The molecule has 1 atom stereocenters. The van der Waals surface area contributed by atoms with Gasteiger partial charge in [-0.15, -0.1) is 0 Å². The molecule has 1 aliphatic heterocycles. The minimum Gasteiger partial charge on any atom is -0.497 e. The predicted molar refractivity (Wildman–Crippen MR) is 97.1 cm³/mol. The van der Waals surface area contributed by atoms with Crippen LogP contribution in [0.25, 0.3) is 0 Å². The van der Waals surface area contributed by atoms with E-state index in [0.29, 0.717) is 36.1 Å². The lowest BCUT2D eigenvalue weighted by Crippen LogP contribution is -2.31. The summed E-state index contributed by atoms with van der Waals surface area (Å²) in [5, 5.41) is 0. The normalized spacial score (nSPS) is 16.8. The molecule has 2 aromatic rings. The van der Waals surface area contributed by atoms with E-state index in [9.17, 15) is 4.79 Å². The number of carbonyl (C=O) groups is 1. The number of hydrogen-bond acceptors (Lipinski definition) is 5. The van der Waals surface area contributed by atoms with E-state index in [4.69, 9.17) is 9.47 Å². The molecule has 0 N–H and O–H groups in total. The quantitative estimate of drug-likeness (QED) is 0.781. The SMILES string of the molecule is COc1ccc(Br)c(C(=O)N2CCC(Oc3cc(C)nc(C)n3)C2)c1. The fourth-order valence-electron chi connectivity index (χ4n) is 2.89. The molecule has 1 unspecified atom stereocenters. The Morgan fingerprint density at radius 1 is 1.28 bits per heavy atom. The summed E-state index contributed by atoms with van der Waals surface area (Å²) in [7, 11) is 1.59. The predicted octanol–water partition coefficient (Wildman–Crippen LogP) is 3.16. The van der Waals surface area contributed by atoms with Crippen molar-refractivity contribution in [1.29, 1.82) is 0 Å². The second-order valence-corrected chi connectivity index (χ2v) is 6.87. The molecular formula is C18H20BrN3O3. The van der Waals surface area contributed by atoms with E-state index >= 15 is 0 Å². The van der Waals surface area contributed by atoms with Crippen LogP contribution < -0.4 is 9.47 Å². The minimum absolute atomic E-state index is 0.0353. The molecule has 1 saturated heterocycles. The molecule has 0 radical (unpaired) electrons. The van der Waals surface area contributed by atoms with E-state index in [1.807, 2.05) is 32.0 Å². The van der Waals surface area contributed by atoms with E-state index in [1.165, 1.54) is 0 Å². The number of carbonyl (C=O) groups excluding carboxylic acids is 1. The number of amides is 1. The molecule has 0 spiro atoms. The molecular weight excluding hydrogens is 386 g/mol. The van der Waals surface area contributed by atoms with Crippen molar-refractivity contribution in [2.24, 2.45) is 0 Å². The van der Waals surface area contributed by atoms with Crippen LogP contribution in [0.2, 0.25) is 0 Å². The Hall–Kier alpha value is -2.15. The number of aryl methyl sites for hydroxylation is 2. The highest BCUT2D eigenvalue weighted by molar-refractivity contribution is 9.10. The van der Waals surface area contributed by atoms with Gasteiger partial charge in [-0.1, -0.05) is 0 Å². The first-order valence-electron chi connectivity index (χ1n) is 8.08. The third kappa shape index (κ3) is 4.10. The molecule has 6 nitrogen and oxygen atoms in total. The number of ether oxygens (including phenoxy) is 2. The average Bonchev–Trinajstić information content (AvgIpc) is 3.02. The molecule has 7 heteroatoms. The molecule has 1 amide bonds. The summed E-state index contributed by atoms with van der Waals surface area (Å²) in [6.45, 7) is 4.93. The van der Waals surface area contributed by atoms with Crippen molar-refractivity contribution < 1.29 is 14.3 Å². The van der Waals surface area contributed by atoms with Gasteiger partial charge in [0.25, 0.3) is 5.91 Å². The summed E-state index contributed by atoms with van der Waals surface area (Å²) in [5.74, 6) is 1.87. The number of hydrogen-bond donors (Lipinski definition) is 0. The summed E-state index contributed by atoms with van der Waals surface area (Å²) in [6.07, 6.45) is 0.706. The third-order valence-corrected chi connectivity index (χ3v) is 4.76. The highest BCUT2D eigenvalue weighted by Crippen LogP contribution is 2.26. The Balaban J connectivity index is 1.69. The Morgan fingerprint density at radius 2 is 2.08 bits per heavy atom. The number of rotatable bonds is 4. The van der Waals surface area contributed by atoms with Crippen molar-refractivity contribution in [1.82, 2.24) is 14.9 Å². The largest absolute Gasteiger partial charge is 0.497 e.